The second kappa shape index (κ2) is 5.12. The molecule has 1 aliphatic rings. The number of carbonyl (C=O) groups is 1. The number of hydrogen-bond donors (Lipinski definition) is 1. The van der Waals surface area contributed by atoms with Crippen LogP contribution in [0.15, 0.2) is 9.64 Å². The lowest BCUT2D eigenvalue weighted by atomic mass is 10.0. The van der Waals surface area contributed by atoms with E-state index in [1.165, 1.54) is 0 Å². The van der Waals surface area contributed by atoms with Crippen molar-refractivity contribution in [2.75, 3.05) is 17.3 Å². The Morgan fingerprint density at radius 3 is 2.79 bits per heavy atom. The minimum absolute atomic E-state index is 0.00390. The quantitative estimate of drug-likeness (QED) is 0.791. The molecule has 1 aliphatic heterocycles. The van der Waals surface area contributed by atoms with Crippen molar-refractivity contribution in [3.63, 3.8) is 0 Å². The summed E-state index contributed by atoms with van der Waals surface area (Å²) in [5.74, 6) is 0.449. The van der Waals surface area contributed by atoms with Gasteiger partial charge in [0.2, 0.25) is 11.8 Å². The molecule has 0 unspecified atom stereocenters. The number of thioether (sulfide) groups is 1. The Kier molecular flexibility index (Phi) is 3.86. The van der Waals surface area contributed by atoms with Crippen LogP contribution in [0.3, 0.4) is 0 Å². The van der Waals surface area contributed by atoms with E-state index in [1.54, 1.807) is 13.8 Å². The van der Waals surface area contributed by atoms with Gasteiger partial charge in [0.25, 0.3) is 5.22 Å². The molecule has 0 spiro atoms. The van der Waals surface area contributed by atoms with Gasteiger partial charge in [0, 0.05) is 6.92 Å². The van der Waals surface area contributed by atoms with Gasteiger partial charge in [0.1, 0.15) is 0 Å². The van der Waals surface area contributed by atoms with E-state index in [9.17, 15) is 13.2 Å². The largest absolute Gasteiger partial charge is 0.416 e. The highest BCUT2D eigenvalue weighted by Crippen LogP contribution is 2.23. The molecular formula is C10H15N3O4S2. The zero-order valence-electron chi connectivity index (χ0n) is 10.7. The van der Waals surface area contributed by atoms with Crippen LogP contribution in [0.2, 0.25) is 0 Å². The topological polar surface area (TPSA) is 102 Å². The number of sulfone groups is 1. The van der Waals surface area contributed by atoms with Crippen LogP contribution in [0.1, 0.15) is 19.2 Å². The summed E-state index contributed by atoms with van der Waals surface area (Å²) in [6, 6.07) is 0. The first-order valence-corrected chi connectivity index (χ1v) is 8.53. The van der Waals surface area contributed by atoms with E-state index in [4.69, 9.17) is 4.42 Å². The van der Waals surface area contributed by atoms with E-state index >= 15 is 0 Å². The standard InChI is InChI=1S/C10H15N3O4S2/c1-7-12-13-9(17-7)18-5-8(14)11-10(2)3-4-19(15,16)6-10/h3-6H2,1-2H3,(H,11,14)/t10-/m1/s1. The number of aryl methyl sites for hydroxylation is 1. The Labute approximate surface area is 115 Å². The summed E-state index contributed by atoms with van der Waals surface area (Å²) >= 11 is 1.13. The van der Waals surface area contributed by atoms with Crippen LogP contribution in [0.5, 0.6) is 0 Å². The molecule has 2 rings (SSSR count). The summed E-state index contributed by atoms with van der Waals surface area (Å²) in [5, 5.41) is 10.5. The molecule has 1 fully saturated rings. The second-order valence-corrected chi connectivity index (χ2v) is 7.94. The lowest BCUT2D eigenvalue weighted by Crippen LogP contribution is -2.47. The third-order valence-electron chi connectivity index (χ3n) is 2.78. The maximum absolute atomic E-state index is 11.8. The molecule has 1 aromatic heterocycles. The van der Waals surface area contributed by atoms with E-state index < -0.39 is 15.4 Å². The van der Waals surface area contributed by atoms with E-state index in [0.717, 1.165) is 11.8 Å². The monoisotopic (exact) mass is 305 g/mol. The Morgan fingerprint density at radius 2 is 2.26 bits per heavy atom. The first-order chi connectivity index (χ1) is 8.78. The predicted octanol–water partition coefficient (Wildman–Crippen LogP) is 0.164. The SMILES string of the molecule is Cc1nnc(SCC(=O)N[C@]2(C)CCS(=O)(=O)C2)o1. The van der Waals surface area contributed by atoms with Crippen molar-refractivity contribution in [2.24, 2.45) is 0 Å². The van der Waals surface area contributed by atoms with Crippen LogP contribution in [-0.2, 0) is 14.6 Å². The summed E-state index contributed by atoms with van der Waals surface area (Å²) in [6.45, 7) is 3.42. The lowest BCUT2D eigenvalue weighted by molar-refractivity contribution is -0.120. The van der Waals surface area contributed by atoms with Gasteiger partial charge in [-0.05, 0) is 13.3 Å². The molecule has 0 aromatic carbocycles. The molecule has 9 heteroatoms. The molecule has 19 heavy (non-hydrogen) atoms. The molecule has 1 atom stereocenters. The maximum Gasteiger partial charge on any atom is 0.277 e. The fourth-order valence-corrected chi connectivity index (χ4v) is 4.64. The number of rotatable bonds is 4. The molecule has 1 N–H and O–H groups in total. The van der Waals surface area contributed by atoms with Crippen molar-refractivity contribution in [3.05, 3.63) is 5.89 Å². The van der Waals surface area contributed by atoms with Gasteiger partial charge in [-0.1, -0.05) is 11.8 Å². The average Bonchev–Trinajstić information content (AvgIpc) is 2.80. The lowest BCUT2D eigenvalue weighted by Gasteiger charge is -2.23. The summed E-state index contributed by atoms with van der Waals surface area (Å²) in [7, 11) is -3.03. The van der Waals surface area contributed by atoms with Gasteiger partial charge >= 0.3 is 0 Å². The van der Waals surface area contributed by atoms with E-state index in [-0.39, 0.29) is 23.2 Å². The minimum atomic E-state index is -3.03. The van der Waals surface area contributed by atoms with Crippen molar-refractivity contribution in [1.29, 1.82) is 0 Å². The van der Waals surface area contributed by atoms with Gasteiger partial charge in [-0.2, -0.15) is 0 Å². The predicted molar refractivity (Wildman–Crippen MR) is 69.6 cm³/mol. The average molecular weight is 305 g/mol. The fourth-order valence-electron chi connectivity index (χ4n) is 1.95. The third kappa shape index (κ3) is 3.93. The first kappa shape index (κ1) is 14.3. The number of nitrogens with zero attached hydrogens (tertiary/aromatic N) is 2. The molecule has 0 radical (unpaired) electrons. The molecule has 0 aliphatic carbocycles. The number of nitrogens with one attached hydrogen (secondary N) is 1. The summed E-state index contributed by atoms with van der Waals surface area (Å²) in [6.07, 6.45) is 0.450. The molecule has 0 saturated carbocycles. The van der Waals surface area contributed by atoms with Crippen LogP contribution in [0.4, 0.5) is 0 Å². The highest BCUT2D eigenvalue weighted by molar-refractivity contribution is 7.99. The number of aromatic nitrogens is 2. The molecular weight excluding hydrogens is 290 g/mol. The van der Waals surface area contributed by atoms with Crippen molar-refractivity contribution in [2.45, 2.75) is 31.0 Å². The highest BCUT2D eigenvalue weighted by Gasteiger charge is 2.39. The van der Waals surface area contributed by atoms with Crippen molar-refractivity contribution < 1.29 is 17.6 Å². The molecule has 1 saturated heterocycles. The van der Waals surface area contributed by atoms with E-state index in [1.807, 2.05) is 0 Å². The Hall–Kier alpha value is -1.09. The first-order valence-electron chi connectivity index (χ1n) is 5.72. The molecule has 1 amide bonds. The summed E-state index contributed by atoms with van der Waals surface area (Å²) in [4.78, 5) is 11.8. The van der Waals surface area contributed by atoms with Gasteiger partial charge in [-0.3, -0.25) is 4.79 Å². The fraction of sp³-hybridized carbons (Fsp3) is 0.700. The van der Waals surface area contributed by atoms with Crippen LogP contribution in [0, 0.1) is 6.92 Å². The number of amides is 1. The van der Waals surface area contributed by atoms with Crippen LogP contribution in [-0.4, -0.2) is 47.3 Å². The van der Waals surface area contributed by atoms with Gasteiger partial charge in [0.15, 0.2) is 9.84 Å². The zero-order valence-corrected chi connectivity index (χ0v) is 12.3. The highest BCUT2D eigenvalue weighted by atomic mass is 32.2. The Morgan fingerprint density at radius 1 is 1.53 bits per heavy atom. The maximum atomic E-state index is 11.8. The van der Waals surface area contributed by atoms with Gasteiger partial charge in [0.05, 0.1) is 22.8 Å². The van der Waals surface area contributed by atoms with Crippen LogP contribution < -0.4 is 5.32 Å². The number of carbonyl (C=O) groups excluding carboxylic acids is 1. The number of hydrogen-bond acceptors (Lipinski definition) is 7. The van der Waals surface area contributed by atoms with Gasteiger partial charge in [-0.25, -0.2) is 8.42 Å². The van der Waals surface area contributed by atoms with Crippen molar-refractivity contribution >= 4 is 27.5 Å². The summed E-state index contributed by atoms with van der Waals surface area (Å²) < 4.78 is 28.0. The van der Waals surface area contributed by atoms with Crippen LogP contribution >= 0.6 is 11.8 Å². The van der Waals surface area contributed by atoms with Gasteiger partial charge < -0.3 is 9.73 Å². The normalized spacial score (nSPS) is 25.4. The molecule has 2 heterocycles. The smallest absolute Gasteiger partial charge is 0.277 e. The van der Waals surface area contributed by atoms with Crippen molar-refractivity contribution in [1.82, 2.24) is 15.5 Å². The molecule has 106 valence electrons. The molecule has 7 nitrogen and oxygen atoms in total. The van der Waals surface area contributed by atoms with Gasteiger partial charge in [-0.15, -0.1) is 10.2 Å². The zero-order chi connectivity index (χ0) is 14.1. The second-order valence-electron chi connectivity index (χ2n) is 4.83. The van der Waals surface area contributed by atoms with Crippen LogP contribution in [0.25, 0.3) is 0 Å². The molecule has 1 aromatic rings. The van der Waals surface area contributed by atoms with E-state index in [0.29, 0.717) is 17.5 Å². The third-order valence-corrected chi connectivity index (χ3v) is 5.50. The minimum Gasteiger partial charge on any atom is -0.416 e. The summed E-state index contributed by atoms with van der Waals surface area (Å²) in [5.41, 5.74) is -0.665. The Balaban J connectivity index is 1.85. The van der Waals surface area contributed by atoms with Crippen molar-refractivity contribution in [3.8, 4) is 0 Å². The Bertz CT molecular complexity index is 583. The molecule has 0 bridgehead atoms. The van der Waals surface area contributed by atoms with E-state index in [2.05, 4.69) is 15.5 Å².